The van der Waals surface area contributed by atoms with Gasteiger partial charge in [-0.2, -0.15) is 0 Å². The molecule has 1 fully saturated rings. The molecular weight excluding hydrogens is 458 g/mol. The molecule has 176 valence electrons. The van der Waals surface area contributed by atoms with Gasteiger partial charge in [-0.3, -0.25) is 9.52 Å². The number of aryl methyl sites for hydroxylation is 2. The van der Waals surface area contributed by atoms with Crippen molar-refractivity contribution in [2.75, 3.05) is 17.8 Å². The smallest absolute Gasteiger partial charge is 0.265 e. The number of pyridine rings is 1. The number of hydrogen-bond acceptors (Lipinski definition) is 6. The predicted octanol–water partition coefficient (Wildman–Crippen LogP) is 4.29. The van der Waals surface area contributed by atoms with E-state index >= 15 is 0 Å². The first kappa shape index (κ1) is 23.4. The molecule has 10 heteroatoms. The van der Waals surface area contributed by atoms with E-state index in [0.29, 0.717) is 27.0 Å². The summed E-state index contributed by atoms with van der Waals surface area (Å²) >= 11 is 1.32. The van der Waals surface area contributed by atoms with E-state index in [1.54, 1.807) is 42.9 Å². The lowest BCUT2D eigenvalue weighted by atomic mass is 10.2. The molecule has 3 aromatic rings. The summed E-state index contributed by atoms with van der Waals surface area (Å²) in [7, 11) is -2.03. The van der Waals surface area contributed by atoms with Gasteiger partial charge in [-0.15, -0.1) is 11.3 Å². The standard InChI is InChI=1S/C23H29N5O3S2/c1-15-9-10-20(24-14-15)26-33(30,31)19-13-18(27(4)17(19)3)22-25-16(2)21(32-22)23(29)28-11-7-5-6-8-12-28/h9-10,13-14H,5-8,11-12H2,1-4H3,(H,24,26). The molecule has 33 heavy (non-hydrogen) atoms. The fraction of sp³-hybridized carbons (Fsp3) is 0.435. The van der Waals surface area contributed by atoms with Crippen LogP contribution in [-0.4, -0.2) is 46.8 Å². The van der Waals surface area contributed by atoms with Gasteiger partial charge in [0.2, 0.25) is 0 Å². The van der Waals surface area contributed by atoms with Crippen LogP contribution in [0.3, 0.4) is 0 Å². The lowest BCUT2D eigenvalue weighted by Gasteiger charge is -2.19. The van der Waals surface area contributed by atoms with E-state index in [4.69, 9.17) is 0 Å². The van der Waals surface area contributed by atoms with Gasteiger partial charge in [0.05, 0.1) is 11.4 Å². The highest BCUT2D eigenvalue weighted by atomic mass is 32.2. The van der Waals surface area contributed by atoms with Gasteiger partial charge in [-0.05, 0) is 51.3 Å². The van der Waals surface area contributed by atoms with E-state index in [2.05, 4.69) is 14.7 Å². The fourth-order valence-electron chi connectivity index (χ4n) is 3.99. The highest BCUT2D eigenvalue weighted by Crippen LogP contribution is 2.33. The molecule has 0 aromatic carbocycles. The lowest BCUT2D eigenvalue weighted by molar-refractivity contribution is 0.0765. The molecule has 0 unspecified atom stereocenters. The molecule has 0 aliphatic carbocycles. The second-order valence-electron chi connectivity index (χ2n) is 8.50. The molecule has 1 aliphatic heterocycles. The van der Waals surface area contributed by atoms with Crippen LogP contribution in [0.5, 0.6) is 0 Å². The van der Waals surface area contributed by atoms with Crippen molar-refractivity contribution in [2.45, 2.75) is 51.3 Å². The Morgan fingerprint density at radius 3 is 2.42 bits per heavy atom. The van der Waals surface area contributed by atoms with Gasteiger partial charge in [0.25, 0.3) is 15.9 Å². The molecule has 3 aromatic heterocycles. The molecule has 1 aliphatic rings. The monoisotopic (exact) mass is 487 g/mol. The van der Waals surface area contributed by atoms with Crippen LogP contribution in [0, 0.1) is 20.8 Å². The van der Waals surface area contributed by atoms with Crippen molar-refractivity contribution in [2.24, 2.45) is 7.05 Å². The van der Waals surface area contributed by atoms with Crippen LogP contribution in [0.25, 0.3) is 10.7 Å². The second kappa shape index (κ2) is 9.26. The fourth-order valence-corrected chi connectivity index (χ4v) is 6.38. The molecule has 0 spiro atoms. The summed E-state index contributed by atoms with van der Waals surface area (Å²) in [5.74, 6) is 0.282. The summed E-state index contributed by atoms with van der Waals surface area (Å²) in [6.07, 6.45) is 5.98. The maximum absolute atomic E-state index is 13.1. The largest absolute Gasteiger partial charge is 0.345 e. The number of thiazole rings is 1. The number of aromatic nitrogens is 3. The third kappa shape index (κ3) is 4.81. The topological polar surface area (TPSA) is 97.2 Å². The lowest BCUT2D eigenvalue weighted by Crippen LogP contribution is -2.31. The van der Waals surface area contributed by atoms with Crippen molar-refractivity contribution in [1.82, 2.24) is 19.4 Å². The van der Waals surface area contributed by atoms with Crippen LogP contribution in [0.15, 0.2) is 29.3 Å². The van der Waals surface area contributed by atoms with Crippen LogP contribution in [0.1, 0.15) is 52.3 Å². The Morgan fingerprint density at radius 2 is 1.79 bits per heavy atom. The highest BCUT2D eigenvalue weighted by Gasteiger charge is 2.27. The summed E-state index contributed by atoms with van der Waals surface area (Å²) in [5, 5.41) is 0.631. The van der Waals surface area contributed by atoms with Crippen LogP contribution >= 0.6 is 11.3 Å². The van der Waals surface area contributed by atoms with E-state index < -0.39 is 10.0 Å². The number of rotatable bonds is 5. The second-order valence-corrected chi connectivity index (χ2v) is 11.2. The van der Waals surface area contributed by atoms with Gasteiger partial charge >= 0.3 is 0 Å². The Kier molecular flexibility index (Phi) is 6.58. The van der Waals surface area contributed by atoms with Gasteiger partial charge in [0, 0.05) is 32.0 Å². The molecule has 4 rings (SSSR count). The normalized spacial score (nSPS) is 14.8. The molecule has 0 radical (unpaired) electrons. The van der Waals surface area contributed by atoms with E-state index in [-0.39, 0.29) is 16.6 Å². The van der Waals surface area contributed by atoms with E-state index in [0.717, 1.165) is 44.3 Å². The van der Waals surface area contributed by atoms with Crippen molar-refractivity contribution in [3.05, 3.63) is 46.2 Å². The number of anilines is 1. The van der Waals surface area contributed by atoms with Crippen LogP contribution < -0.4 is 4.72 Å². The third-order valence-electron chi connectivity index (χ3n) is 6.03. The van der Waals surface area contributed by atoms with E-state index in [1.807, 2.05) is 18.7 Å². The van der Waals surface area contributed by atoms with Crippen LogP contribution in [-0.2, 0) is 17.1 Å². The maximum atomic E-state index is 13.1. The molecule has 1 saturated heterocycles. The molecule has 4 heterocycles. The molecule has 0 saturated carbocycles. The molecular formula is C23H29N5O3S2. The van der Waals surface area contributed by atoms with Crippen molar-refractivity contribution in [3.8, 4) is 10.7 Å². The van der Waals surface area contributed by atoms with Gasteiger partial charge in [0.1, 0.15) is 20.6 Å². The predicted molar refractivity (Wildman–Crippen MR) is 130 cm³/mol. The number of nitrogens with zero attached hydrogens (tertiary/aromatic N) is 4. The molecule has 1 amide bonds. The average molecular weight is 488 g/mol. The Balaban J connectivity index is 1.64. The summed E-state index contributed by atoms with van der Waals surface area (Å²) in [5.41, 5.74) is 2.86. The van der Waals surface area contributed by atoms with Crippen LogP contribution in [0.4, 0.5) is 5.82 Å². The van der Waals surface area contributed by atoms with Gasteiger partial charge in [0.15, 0.2) is 0 Å². The minimum absolute atomic E-state index is 0.0176. The molecule has 0 atom stereocenters. The minimum atomic E-state index is -3.84. The Labute approximate surface area is 198 Å². The van der Waals surface area contributed by atoms with Crippen LogP contribution in [0.2, 0.25) is 0 Å². The van der Waals surface area contributed by atoms with Crippen molar-refractivity contribution < 1.29 is 13.2 Å². The summed E-state index contributed by atoms with van der Waals surface area (Å²) in [6.45, 7) is 7.03. The van der Waals surface area contributed by atoms with Crippen molar-refractivity contribution in [3.63, 3.8) is 0 Å². The first-order valence-electron chi connectivity index (χ1n) is 11.1. The van der Waals surface area contributed by atoms with Gasteiger partial charge in [-0.25, -0.2) is 18.4 Å². The zero-order chi connectivity index (χ0) is 23.8. The zero-order valence-electron chi connectivity index (χ0n) is 19.4. The minimum Gasteiger partial charge on any atom is -0.345 e. The van der Waals surface area contributed by atoms with E-state index in [1.165, 1.54) is 11.3 Å². The molecule has 8 nitrogen and oxygen atoms in total. The number of carbonyl (C=O) groups excluding carboxylic acids is 1. The number of hydrogen-bond donors (Lipinski definition) is 1. The number of sulfonamides is 1. The number of carbonyl (C=O) groups is 1. The van der Waals surface area contributed by atoms with E-state index in [9.17, 15) is 13.2 Å². The highest BCUT2D eigenvalue weighted by molar-refractivity contribution is 7.92. The molecule has 1 N–H and O–H groups in total. The van der Waals surface area contributed by atoms with Gasteiger partial charge < -0.3 is 9.47 Å². The van der Waals surface area contributed by atoms with Crippen molar-refractivity contribution in [1.29, 1.82) is 0 Å². The SMILES string of the molecule is Cc1ccc(NS(=O)(=O)c2cc(-c3nc(C)c(C(=O)N4CCCCCC4)s3)n(C)c2C)nc1. The van der Waals surface area contributed by atoms with Gasteiger partial charge in [-0.1, -0.05) is 18.9 Å². The Bertz CT molecular complexity index is 1270. The summed E-state index contributed by atoms with van der Waals surface area (Å²) in [6, 6.07) is 5.05. The number of likely N-dealkylation sites (tertiary alicyclic amines) is 1. The zero-order valence-corrected chi connectivity index (χ0v) is 21.0. The third-order valence-corrected chi connectivity index (χ3v) is 8.67. The summed E-state index contributed by atoms with van der Waals surface area (Å²) in [4.78, 5) is 24.6. The number of nitrogens with one attached hydrogen (secondary N) is 1. The Morgan fingerprint density at radius 1 is 1.09 bits per heavy atom. The quantitative estimate of drug-likeness (QED) is 0.579. The first-order valence-corrected chi connectivity index (χ1v) is 13.4. The van der Waals surface area contributed by atoms with Crippen molar-refractivity contribution >= 4 is 33.1 Å². The molecule has 0 bridgehead atoms. The Hall–Kier alpha value is -2.72. The number of amides is 1. The first-order chi connectivity index (χ1) is 15.7. The maximum Gasteiger partial charge on any atom is 0.265 e. The average Bonchev–Trinajstić information content (AvgIpc) is 3.15. The summed E-state index contributed by atoms with van der Waals surface area (Å²) < 4.78 is 30.5.